The molecule has 0 aromatic heterocycles. The Labute approximate surface area is 152 Å². The Morgan fingerprint density at radius 1 is 0.731 bits per heavy atom. The Hall–Kier alpha value is -2.90. The molecular weight excluding hydrogens is 344 g/mol. The average Bonchev–Trinajstić information content (AvgIpc) is 2.58. The molecule has 26 heavy (non-hydrogen) atoms. The van der Waals surface area contributed by atoms with Crippen molar-refractivity contribution in [1.82, 2.24) is 0 Å². The van der Waals surface area contributed by atoms with Crippen molar-refractivity contribution < 1.29 is 38.1 Å². The first-order valence-electron chi connectivity index (χ1n) is 7.92. The summed E-state index contributed by atoms with van der Waals surface area (Å²) in [5.41, 5.74) is 0.321. The molecule has 8 heteroatoms. The topological polar surface area (TPSA) is 105 Å². The molecule has 0 aromatic rings. The van der Waals surface area contributed by atoms with Gasteiger partial charge in [0.2, 0.25) is 12.6 Å². The Bertz CT molecular complexity index is 550. The van der Waals surface area contributed by atoms with Crippen LogP contribution in [0.2, 0.25) is 0 Å². The molecule has 0 radical (unpaired) electrons. The van der Waals surface area contributed by atoms with Gasteiger partial charge in [-0.1, -0.05) is 27.0 Å². The predicted molar refractivity (Wildman–Crippen MR) is 91.3 cm³/mol. The fourth-order valence-electron chi connectivity index (χ4n) is 1.30. The van der Waals surface area contributed by atoms with Crippen LogP contribution in [0.4, 0.5) is 0 Å². The largest absolute Gasteiger partial charge is 0.422 e. The monoisotopic (exact) mass is 368 g/mol. The van der Waals surface area contributed by atoms with Crippen LogP contribution < -0.4 is 0 Å². The van der Waals surface area contributed by atoms with Crippen molar-refractivity contribution in [2.75, 3.05) is 0 Å². The molecule has 0 aromatic carbocycles. The fourth-order valence-corrected chi connectivity index (χ4v) is 1.30. The third-order valence-corrected chi connectivity index (χ3v) is 2.69. The predicted octanol–water partition coefficient (Wildman–Crippen LogP) is 2.34. The Balaban J connectivity index is 4.58. The van der Waals surface area contributed by atoms with Crippen LogP contribution in [0, 0.1) is 0 Å². The van der Waals surface area contributed by atoms with Crippen molar-refractivity contribution in [3.8, 4) is 0 Å². The van der Waals surface area contributed by atoms with E-state index in [4.69, 9.17) is 18.9 Å². The van der Waals surface area contributed by atoms with Gasteiger partial charge in [-0.15, -0.1) is 0 Å². The summed E-state index contributed by atoms with van der Waals surface area (Å²) in [5, 5.41) is 0. The second-order valence-corrected chi connectivity index (χ2v) is 5.25. The molecular formula is C18H24O8. The molecule has 2 atom stereocenters. The molecule has 0 amide bonds. The van der Waals surface area contributed by atoms with Crippen LogP contribution in [0.3, 0.4) is 0 Å². The van der Waals surface area contributed by atoms with E-state index in [0.29, 0.717) is 0 Å². The van der Waals surface area contributed by atoms with Gasteiger partial charge in [0.1, 0.15) is 0 Å². The van der Waals surface area contributed by atoms with Crippen LogP contribution in [0.15, 0.2) is 36.5 Å². The zero-order valence-corrected chi connectivity index (χ0v) is 15.4. The second kappa shape index (κ2) is 11.6. The highest BCUT2D eigenvalue weighted by Gasteiger charge is 2.18. The summed E-state index contributed by atoms with van der Waals surface area (Å²) in [5.74, 6) is -3.21. The first-order valence-corrected chi connectivity index (χ1v) is 7.92. The number of carbonyl (C=O) groups excluding carboxylic acids is 4. The van der Waals surface area contributed by atoms with Crippen LogP contribution in [-0.4, -0.2) is 36.5 Å². The number of esters is 4. The molecule has 0 rings (SSSR count). The molecule has 0 N–H and O–H groups in total. The van der Waals surface area contributed by atoms with Crippen molar-refractivity contribution in [2.45, 2.75) is 53.1 Å². The van der Waals surface area contributed by atoms with Gasteiger partial charge < -0.3 is 18.9 Å². The molecule has 0 aliphatic heterocycles. The molecule has 0 fully saturated rings. The van der Waals surface area contributed by atoms with Gasteiger partial charge in [-0.2, -0.15) is 0 Å². The lowest BCUT2D eigenvalue weighted by Gasteiger charge is -2.16. The van der Waals surface area contributed by atoms with Gasteiger partial charge in [-0.25, -0.2) is 19.2 Å². The summed E-state index contributed by atoms with van der Waals surface area (Å²) in [6.45, 7) is 13.0. The molecule has 0 aliphatic rings. The Morgan fingerprint density at radius 3 is 1.27 bits per heavy atom. The molecule has 0 heterocycles. The van der Waals surface area contributed by atoms with Crippen molar-refractivity contribution in [2.24, 2.45) is 0 Å². The minimum Gasteiger partial charge on any atom is -0.422 e. The summed E-state index contributed by atoms with van der Waals surface area (Å²) < 4.78 is 19.5. The zero-order valence-electron chi connectivity index (χ0n) is 15.4. The van der Waals surface area contributed by atoms with Crippen molar-refractivity contribution in [3.05, 3.63) is 36.5 Å². The first kappa shape index (κ1) is 23.1. The molecule has 0 bridgehead atoms. The van der Waals surface area contributed by atoms with Crippen LogP contribution in [0.1, 0.15) is 40.5 Å². The standard InChI is InChI=1S/C18H24O8/c1-7-15(25-17(21)11(3)4)23-13(19)9-10-14(20)24-16(8-2)26-18(22)12(5)6/h9-10,15-16H,3,5,7-8H2,1-2,4,6H3/b10-9-. The highest BCUT2D eigenvalue weighted by molar-refractivity contribution is 5.92. The maximum atomic E-state index is 11.7. The van der Waals surface area contributed by atoms with E-state index in [1.807, 2.05) is 0 Å². The van der Waals surface area contributed by atoms with Gasteiger partial charge in [0.25, 0.3) is 0 Å². The average molecular weight is 368 g/mol. The van der Waals surface area contributed by atoms with Gasteiger partial charge >= 0.3 is 23.9 Å². The van der Waals surface area contributed by atoms with E-state index in [0.717, 1.165) is 12.2 Å². The molecule has 2 unspecified atom stereocenters. The maximum absolute atomic E-state index is 11.7. The van der Waals surface area contributed by atoms with Gasteiger partial charge in [0.15, 0.2) is 0 Å². The number of rotatable bonds is 10. The first-order chi connectivity index (χ1) is 12.1. The van der Waals surface area contributed by atoms with E-state index in [1.54, 1.807) is 13.8 Å². The normalized spacial score (nSPS) is 12.6. The number of hydrogen-bond donors (Lipinski definition) is 0. The molecule has 8 nitrogen and oxygen atoms in total. The highest BCUT2D eigenvalue weighted by Crippen LogP contribution is 2.07. The lowest BCUT2D eigenvalue weighted by molar-refractivity contribution is -0.184. The lowest BCUT2D eigenvalue weighted by atomic mass is 10.3. The summed E-state index contributed by atoms with van der Waals surface area (Å²) in [6.07, 6.45) is -0.144. The third kappa shape index (κ3) is 9.41. The second-order valence-electron chi connectivity index (χ2n) is 5.25. The summed E-state index contributed by atoms with van der Waals surface area (Å²) in [7, 11) is 0. The minimum atomic E-state index is -1.10. The van der Waals surface area contributed by atoms with Crippen LogP contribution in [0.25, 0.3) is 0 Å². The maximum Gasteiger partial charge on any atom is 0.336 e. The minimum absolute atomic E-state index is 0.161. The van der Waals surface area contributed by atoms with Crippen LogP contribution in [0.5, 0.6) is 0 Å². The molecule has 144 valence electrons. The van der Waals surface area contributed by atoms with Crippen LogP contribution in [-0.2, 0) is 38.1 Å². The van der Waals surface area contributed by atoms with Crippen LogP contribution >= 0.6 is 0 Å². The number of carbonyl (C=O) groups is 4. The highest BCUT2D eigenvalue weighted by atomic mass is 16.7. The SMILES string of the molecule is C=C(C)C(=O)OC(CC)OC(=O)/C=C\C(=O)OC(CC)OC(=O)C(=C)C. The molecule has 0 aliphatic carbocycles. The van der Waals surface area contributed by atoms with Gasteiger partial charge in [0, 0.05) is 36.1 Å². The van der Waals surface area contributed by atoms with Crippen molar-refractivity contribution in [3.63, 3.8) is 0 Å². The van der Waals surface area contributed by atoms with Crippen molar-refractivity contribution >= 4 is 23.9 Å². The summed E-state index contributed by atoms with van der Waals surface area (Å²) in [6, 6.07) is 0. The summed E-state index contributed by atoms with van der Waals surface area (Å²) >= 11 is 0. The zero-order chi connectivity index (χ0) is 20.3. The van der Waals surface area contributed by atoms with E-state index in [1.165, 1.54) is 13.8 Å². The Morgan fingerprint density at radius 2 is 1.04 bits per heavy atom. The van der Waals surface area contributed by atoms with E-state index >= 15 is 0 Å². The van der Waals surface area contributed by atoms with Crippen molar-refractivity contribution in [1.29, 1.82) is 0 Å². The smallest absolute Gasteiger partial charge is 0.336 e. The number of hydrogen-bond acceptors (Lipinski definition) is 8. The fraction of sp³-hybridized carbons (Fsp3) is 0.444. The van der Waals surface area contributed by atoms with E-state index in [2.05, 4.69) is 13.2 Å². The van der Waals surface area contributed by atoms with E-state index < -0.39 is 36.5 Å². The van der Waals surface area contributed by atoms with E-state index in [9.17, 15) is 19.2 Å². The van der Waals surface area contributed by atoms with Gasteiger partial charge in [0.05, 0.1) is 0 Å². The molecule has 0 spiro atoms. The Kier molecular flexibility index (Phi) is 10.3. The van der Waals surface area contributed by atoms with Gasteiger partial charge in [-0.05, 0) is 13.8 Å². The quantitative estimate of drug-likeness (QED) is 0.329. The third-order valence-electron chi connectivity index (χ3n) is 2.69. The number of ether oxygens (including phenoxy) is 4. The molecule has 0 saturated carbocycles. The molecule has 0 saturated heterocycles. The van der Waals surface area contributed by atoms with E-state index in [-0.39, 0.29) is 24.0 Å². The van der Waals surface area contributed by atoms with Gasteiger partial charge in [-0.3, -0.25) is 0 Å². The lowest BCUT2D eigenvalue weighted by Crippen LogP contribution is -2.24. The summed E-state index contributed by atoms with van der Waals surface area (Å²) in [4.78, 5) is 46.1.